The van der Waals surface area contributed by atoms with Gasteiger partial charge in [-0.1, -0.05) is 45.6 Å². The van der Waals surface area contributed by atoms with E-state index < -0.39 is 11.6 Å². The first-order valence-corrected chi connectivity index (χ1v) is 8.68. The average Bonchev–Trinajstić information content (AvgIpc) is 3.07. The van der Waals surface area contributed by atoms with Crippen LogP contribution in [0.3, 0.4) is 0 Å². The summed E-state index contributed by atoms with van der Waals surface area (Å²) in [7, 11) is 1.00. The van der Waals surface area contributed by atoms with Crippen molar-refractivity contribution in [3.05, 3.63) is 71.6 Å². The van der Waals surface area contributed by atoms with Gasteiger partial charge in [-0.15, -0.1) is 0 Å². The molecule has 1 heterocycles. The van der Waals surface area contributed by atoms with Gasteiger partial charge in [-0.2, -0.15) is 0 Å². The van der Waals surface area contributed by atoms with Crippen molar-refractivity contribution in [1.82, 2.24) is 5.32 Å². The predicted molar refractivity (Wildman–Crippen MR) is 106 cm³/mol. The lowest BCUT2D eigenvalue weighted by Gasteiger charge is -2.09. The summed E-state index contributed by atoms with van der Waals surface area (Å²) in [6.45, 7) is 11.3. The Morgan fingerprint density at radius 2 is 1.96 bits per heavy atom. The summed E-state index contributed by atoms with van der Waals surface area (Å²) in [5.74, 6) is -1.78. The first kappa shape index (κ1) is 24.4. The van der Waals surface area contributed by atoms with Gasteiger partial charge in [-0.3, -0.25) is 4.79 Å². The van der Waals surface area contributed by atoms with Crippen LogP contribution in [0.25, 0.3) is 0 Å². The Morgan fingerprint density at radius 1 is 1.33 bits per heavy atom. The average molecular weight is 378 g/mol. The Hall–Kier alpha value is -2.60. The molecule has 2 N–H and O–H groups in total. The van der Waals surface area contributed by atoms with Crippen LogP contribution in [0.4, 0.5) is 8.78 Å². The second-order valence-electron chi connectivity index (χ2n) is 5.37. The van der Waals surface area contributed by atoms with Gasteiger partial charge < -0.3 is 10.4 Å². The number of nitrogens with one attached hydrogen (secondary N) is 1. The summed E-state index contributed by atoms with van der Waals surface area (Å²) >= 11 is 0. The molecule has 1 aliphatic rings. The van der Waals surface area contributed by atoms with Gasteiger partial charge in [0, 0.05) is 37.4 Å². The molecule has 0 spiro atoms. The van der Waals surface area contributed by atoms with Crippen molar-refractivity contribution in [2.75, 3.05) is 7.11 Å². The van der Waals surface area contributed by atoms with Gasteiger partial charge in [0.05, 0.1) is 0 Å². The Labute approximate surface area is 160 Å². The van der Waals surface area contributed by atoms with Crippen LogP contribution in [0.1, 0.15) is 33.3 Å². The maximum Gasteiger partial charge on any atom is 0.165 e. The molecular formula is C21H28F2N2O2. The summed E-state index contributed by atoms with van der Waals surface area (Å²) in [5.41, 5.74) is 1.45. The van der Waals surface area contributed by atoms with E-state index in [1.807, 2.05) is 27.7 Å². The zero-order valence-electron chi connectivity index (χ0n) is 16.5. The zero-order valence-corrected chi connectivity index (χ0v) is 16.5. The van der Waals surface area contributed by atoms with Gasteiger partial charge in [-0.25, -0.2) is 13.8 Å². The number of rotatable bonds is 5. The van der Waals surface area contributed by atoms with Crippen LogP contribution in [0.5, 0.6) is 0 Å². The number of aliphatic imine (C=N–C) groups is 1. The second kappa shape index (κ2) is 12.7. The standard InChI is InChI=1S/C18H18F2N2O.C2H6.CH4O/c1-4-11(2)9-21-18-12(3)14(10-22-18)16(23)8-13-6-5-7-15(19)17(13)20;2*1-2/h4-7,9-10,12H,1,8H2,2-3H3,(H,21,22);1-2H3;2H,1H3/b11-9-;;. The molecule has 0 fully saturated rings. The highest BCUT2D eigenvalue weighted by atomic mass is 19.2. The molecule has 2 rings (SSSR count). The number of aliphatic hydroxyl groups excluding tert-OH is 1. The van der Waals surface area contributed by atoms with E-state index in [4.69, 9.17) is 5.11 Å². The van der Waals surface area contributed by atoms with E-state index in [9.17, 15) is 13.6 Å². The topological polar surface area (TPSA) is 61.7 Å². The van der Waals surface area contributed by atoms with E-state index in [1.165, 1.54) is 12.1 Å². The summed E-state index contributed by atoms with van der Waals surface area (Å²) in [6.07, 6.45) is 4.71. The minimum atomic E-state index is -0.974. The maximum absolute atomic E-state index is 13.7. The highest BCUT2D eigenvalue weighted by Crippen LogP contribution is 2.21. The summed E-state index contributed by atoms with van der Waals surface area (Å²) in [6, 6.07) is 3.83. The quantitative estimate of drug-likeness (QED) is 0.750. The van der Waals surface area contributed by atoms with Crippen molar-refractivity contribution in [3.63, 3.8) is 0 Å². The van der Waals surface area contributed by atoms with E-state index in [1.54, 1.807) is 18.5 Å². The second-order valence-corrected chi connectivity index (χ2v) is 5.37. The van der Waals surface area contributed by atoms with E-state index in [0.717, 1.165) is 18.7 Å². The highest BCUT2D eigenvalue weighted by molar-refractivity contribution is 6.06. The third-order valence-electron chi connectivity index (χ3n) is 3.69. The molecule has 6 heteroatoms. The van der Waals surface area contributed by atoms with Gasteiger partial charge in [0.2, 0.25) is 0 Å². The SMILES string of the molecule is C=C/C(C)=C\N=C1NC=C(C(=O)Cc2cccc(F)c2F)C1C.CC.CO. The lowest BCUT2D eigenvalue weighted by molar-refractivity contribution is -0.115. The van der Waals surface area contributed by atoms with Crippen LogP contribution in [0.2, 0.25) is 0 Å². The molecule has 0 aromatic heterocycles. The van der Waals surface area contributed by atoms with Crippen molar-refractivity contribution < 1.29 is 18.7 Å². The maximum atomic E-state index is 13.7. The molecule has 0 aliphatic carbocycles. The van der Waals surface area contributed by atoms with E-state index in [2.05, 4.69) is 16.9 Å². The first-order chi connectivity index (χ1) is 12.9. The molecule has 1 unspecified atom stereocenters. The van der Waals surface area contributed by atoms with Gasteiger partial charge in [0.25, 0.3) is 0 Å². The van der Waals surface area contributed by atoms with Crippen LogP contribution >= 0.6 is 0 Å². The molecule has 1 atom stereocenters. The molecule has 0 saturated heterocycles. The van der Waals surface area contributed by atoms with Crippen molar-refractivity contribution in [2.45, 2.75) is 34.1 Å². The number of carbonyl (C=O) groups is 1. The molecule has 0 radical (unpaired) electrons. The predicted octanol–water partition coefficient (Wildman–Crippen LogP) is 4.32. The van der Waals surface area contributed by atoms with Crippen molar-refractivity contribution in [3.8, 4) is 0 Å². The van der Waals surface area contributed by atoms with Gasteiger partial charge in [-0.05, 0) is 24.1 Å². The van der Waals surface area contributed by atoms with Crippen LogP contribution < -0.4 is 5.32 Å². The molecule has 4 nitrogen and oxygen atoms in total. The fourth-order valence-corrected chi connectivity index (χ4v) is 2.20. The Kier molecular flexibility index (Phi) is 11.5. The Morgan fingerprint density at radius 3 is 2.56 bits per heavy atom. The summed E-state index contributed by atoms with van der Waals surface area (Å²) in [4.78, 5) is 16.6. The number of aliphatic hydroxyl groups is 1. The number of Topliss-reactive ketones (excluding diaryl/α,β-unsaturated/α-hetero) is 1. The minimum absolute atomic E-state index is 0.0517. The third-order valence-corrected chi connectivity index (χ3v) is 3.69. The summed E-state index contributed by atoms with van der Waals surface area (Å²) in [5, 5.41) is 9.95. The van der Waals surface area contributed by atoms with Crippen molar-refractivity contribution in [2.24, 2.45) is 10.9 Å². The molecule has 0 saturated carbocycles. The lowest BCUT2D eigenvalue weighted by atomic mass is 9.95. The smallest absolute Gasteiger partial charge is 0.165 e. The highest BCUT2D eigenvalue weighted by Gasteiger charge is 2.27. The zero-order chi connectivity index (χ0) is 21.0. The van der Waals surface area contributed by atoms with E-state index in [0.29, 0.717) is 11.4 Å². The fourth-order valence-electron chi connectivity index (χ4n) is 2.20. The molecule has 0 bridgehead atoms. The van der Waals surface area contributed by atoms with E-state index in [-0.39, 0.29) is 23.7 Å². The van der Waals surface area contributed by atoms with Gasteiger partial charge in [0.15, 0.2) is 17.4 Å². The first-order valence-electron chi connectivity index (χ1n) is 8.68. The van der Waals surface area contributed by atoms with Gasteiger partial charge >= 0.3 is 0 Å². The fraction of sp³-hybridized carbons (Fsp3) is 0.333. The van der Waals surface area contributed by atoms with Crippen LogP contribution in [0.15, 0.2) is 59.4 Å². The van der Waals surface area contributed by atoms with Gasteiger partial charge in [0.1, 0.15) is 5.84 Å². The molecule has 27 heavy (non-hydrogen) atoms. The Balaban J connectivity index is 0.00000158. The lowest BCUT2D eigenvalue weighted by Crippen LogP contribution is -2.20. The van der Waals surface area contributed by atoms with Crippen molar-refractivity contribution in [1.29, 1.82) is 0 Å². The minimum Gasteiger partial charge on any atom is -0.400 e. The molecule has 148 valence electrons. The summed E-state index contributed by atoms with van der Waals surface area (Å²) < 4.78 is 26.9. The number of benzene rings is 1. The largest absolute Gasteiger partial charge is 0.400 e. The Bertz CT molecular complexity index is 738. The molecule has 0 amide bonds. The van der Waals surface area contributed by atoms with Crippen LogP contribution in [-0.4, -0.2) is 23.8 Å². The number of hydrogen-bond donors (Lipinski definition) is 2. The number of nitrogens with zero attached hydrogens (tertiary/aromatic N) is 1. The van der Waals surface area contributed by atoms with Crippen molar-refractivity contribution >= 4 is 11.6 Å². The molecule has 1 aliphatic heterocycles. The molecule has 1 aromatic rings. The number of hydrogen-bond acceptors (Lipinski definition) is 3. The molecular weight excluding hydrogens is 350 g/mol. The third kappa shape index (κ3) is 6.90. The number of ketones is 1. The number of allylic oxidation sites excluding steroid dienone is 2. The number of halogens is 2. The monoisotopic (exact) mass is 378 g/mol. The van der Waals surface area contributed by atoms with E-state index >= 15 is 0 Å². The van der Waals surface area contributed by atoms with Crippen LogP contribution in [-0.2, 0) is 11.2 Å². The normalized spacial score (nSPS) is 17.0. The molecule has 1 aromatic carbocycles. The number of carbonyl (C=O) groups excluding carboxylic acids is 1. The van der Waals surface area contributed by atoms with Crippen LogP contribution in [0, 0.1) is 17.6 Å². The number of amidine groups is 1.